The number of nitrogens with zero attached hydrogens (tertiary/aromatic N) is 1. The number of ether oxygens (including phenoxy) is 1. The Kier molecular flexibility index (Phi) is 3.53. The van der Waals surface area contributed by atoms with E-state index in [2.05, 4.69) is 15.0 Å². The molecule has 0 fully saturated rings. The molecule has 0 aliphatic heterocycles. The fraction of sp³-hybridized carbons (Fsp3) is 0.125. The molecule has 2 heterocycles. The van der Waals surface area contributed by atoms with Gasteiger partial charge in [-0.25, -0.2) is 14.6 Å². The minimum absolute atomic E-state index is 0.00712. The summed E-state index contributed by atoms with van der Waals surface area (Å²) in [7, 11) is 1.22. The highest BCUT2D eigenvalue weighted by molar-refractivity contribution is 6.03. The first-order valence-corrected chi connectivity index (χ1v) is 6.82. The van der Waals surface area contributed by atoms with E-state index in [9.17, 15) is 14.4 Å². The molecule has 0 radical (unpaired) electrons. The molecule has 0 amide bonds. The van der Waals surface area contributed by atoms with E-state index in [1.807, 2.05) is 31.2 Å². The molecule has 2 aromatic heterocycles. The van der Waals surface area contributed by atoms with Gasteiger partial charge in [0.25, 0.3) is 5.56 Å². The molecule has 23 heavy (non-hydrogen) atoms. The second-order valence-electron chi connectivity index (χ2n) is 5.04. The summed E-state index contributed by atoms with van der Waals surface area (Å²) in [6, 6.07) is 8.97. The van der Waals surface area contributed by atoms with Gasteiger partial charge in [-0.05, 0) is 13.0 Å². The maximum atomic E-state index is 12.0. The fourth-order valence-corrected chi connectivity index (χ4v) is 2.31. The Labute approximate surface area is 130 Å². The van der Waals surface area contributed by atoms with E-state index in [4.69, 9.17) is 4.74 Å². The number of methoxy groups -OCH3 is 1. The smallest absolute Gasteiger partial charge is 0.338 e. The molecule has 0 unspecified atom stereocenters. The van der Waals surface area contributed by atoms with Gasteiger partial charge in [0.1, 0.15) is 5.65 Å². The number of esters is 1. The van der Waals surface area contributed by atoms with E-state index >= 15 is 0 Å². The lowest BCUT2D eigenvalue weighted by molar-refractivity contribution is 0.0603. The van der Waals surface area contributed by atoms with Crippen molar-refractivity contribution in [2.45, 2.75) is 6.92 Å². The number of hydrogen-bond acceptors (Lipinski definition) is 5. The second-order valence-corrected chi connectivity index (χ2v) is 5.04. The first kappa shape index (κ1) is 14.7. The number of aromatic amines is 2. The predicted octanol–water partition coefficient (Wildman–Crippen LogP) is 1.37. The van der Waals surface area contributed by atoms with Crippen molar-refractivity contribution in [3.05, 3.63) is 62.3 Å². The van der Waals surface area contributed by atoms with Gasteiger partial charge in [-0.15, -0.1) is 0 Å². The normalized spacial score (nSPS) is 10.7. The molecule has 0 bridgehead atoms. The summed E-state index contributed by atoms with van der Waals surface area (Å²) in [6.07, 6.45) is 0. The van der Waals surface area contributed by atoms with Crippen molar-refractivity contribution >= 4 is 17.0 Å². The Morgan fingerprint density at radius 2 is 1.83 bits per heavy atom. The van der Waals surface area contributed by atoms with Gasteiger partial charge < -0.3 is 4.74 Å². The Balaban J connectivity index is 2.37. The van der Waals surface area contributed by atoms with Crippen LogP contribution in [0.15, 0.2) is 39.9 Å². The van der Waals surface area contributed by atoms with Crippen molar-refractivity contribution in [1.82, 2.24) is 15.0 Å². The third-order valence-corrected chi connectivity index (χ3v) is 3.46. The Hall–Kier alpha value is -3.22. The maximum absolute atomic E-state index is 12.0. The quantitative estimate of drug-likeness (QED) is 0.695. The standard InChI is InChI=1S/C16H13N3O4/c1-8-3-5-9(6-4-8)11-7-10(15(21)23-2)12-13(17-11)18-16(22)19-14(12)20/h3-7H,1-2H3,(H2,17,18,19,20,22). The van der Waals surface area contributed by atoms with E-state index in [1.54, 1.807) is 0 Å². The molecular formula is C16H13N3O4. The summed E-state index contributed by atoms with van der Waals surface area (Å²) in [5.41, 5.74) is 0.997. The zero-order valence-electron chi connectivity index (χ0n) is 12.5. The number of fused-ring (bicyclic) bond motifs is 1. The lowest BCUT2D eigenvalue weighted by Crippen LogP contribution is -2.24. The Morgan fingerprint density at radius 3 is 2.48 bits per heavy atom. The molecule has 0 spiro atoms. The van der Waals surface area contributed by atoms with E-state index < -0.39 is 17.2 Å². The van der Waals surface area contributed by atoms with Crippen molar-refractivity contribution in [3.63, 3.8) is 0 Å². The van der Waals surface area contributed by atoms with Crippen LogP contribution in [0.2, 0.25) is 0 Å². The molecule has 1 aromatic carbocycles. The zero-order valence-corrected chi connectivity index (χ0v) is 12.5. The number of nitrogens with one attached hydrogen (secondary N) is 2. The molecule has 3 aromatic rings. The summed E-state index contributed by atoms with van der Waals surface area (Å²) < 4.78 is 4.73. The lowest BCUT2D eigenvalue weighted by Gasteiger charge is -2.07. The van der Waals surface area contributed by atoms with E-state index in [-0.39, 0.29) is 16.6 Å². The lowest BCUT2D eigenvalue weighted by atomic mass is 10.1. The minimum Gasteiger partial charge on any atom is -0.465 e. The zero-order chi connectivity index (χ0) is 16.6. The first-order chi connectivity index (χ1) is 11.0. The van der Waals surface area contributed by atoms with Gasteiger partial charge in [-0.3, -0.25) is 14.8 Å². The summed E-state index contributed by atoms with van der Waals surface area (Å²) in [5.74, 6) is -0.677. The number of benzene rings is 1. The topological polar surface area (TPSA) is 105 Å². The highest BCUT2D eigenvalue weighted by Crippen LogP contribution is 2.22. The predicted molar refractivity (Wildman–Crippen MR) is 84.5 cm³/mol. The van der Waals surface area contributed by atoms with Crippen molar-refractivity contribution in [3.8, 4) is 11.3 Å². The minimum atomic E-state index is -0.688. The summed E-state index contributed by atoms with van der Waals surface area (Å²) >= 11 is 0. The van der Waals surface area contributed by atoms with Crippen LogP contribution in [0.3, 0.4) is 0 Å². The van der Waals surface area contributed by atoms with Crippen molar-refractivity contribution < 1.29 is 9.53 Å². The number of aryl methyl sites for hydroxylation is 1. The summed E-state index contributed by atoms with van der Waals surface area (Å²) in [6.45, 7) is 1.95. The van der Waals surface area contributed by atoms with Gasteiger partial charge in [0, 0.05) is 5.56 Å². The van der Waals surface area contributed by atoms with Gasteiger partial charge in [0.2, 0.25) is 0 Å². The maximum Gasteiger partial charge on any atom is 0.338 e. The monoisotopic (exact) mass is 311 g/mol. The van der Waals surface area contributed by atoms with E-state index in [0.717, 1.165) is 11.1 Å². The fourth-order valence-electron chi connectivity index (χ4n) is 2.31. The first-order valence-electron chi connectivity index (χ1n) is 6.82. The van der Waals surface area contributed by atoms with Gasteiger partial charge >= 0.3 is 11.7 Å². The molecule has 2 N–H and O–H groups in total. The van der Waals surface area contributed by atoms with Crippen LogP contribution >= 0.6 is 0 Å². The molecule has 3 rings (SSSR count). The van der Waals surface area contributed by atoms with Crippen LogP contribution in [0.4, 0.5) is 0 Å². The summed E-state index contributed by atoms with van der Waals surface area (Å²) in [5, 5.41) is -0.00712. The van der Waals surface area contributed by atoms with Crippen LogP contribution < -0.4 is 11.2 Å². The second kappa shape index (κ2) is 5.53. The number of H-pyrrole nitrogens is 2. The number of rotatable bonds is 2. The van der Waals surface area contributed by atoms with Gasteiger partial charge in [0.15, 0.2) is 0 Å². The molecule has 7 heteroatoms. The summed E-state index contributed by atoms with van der Waals surface area (Å²) in [4.78, 5) is 44.3. The van der Waals surface area contributed by atoms with Gasteiger partial charge in [0.05, 0.1) is 23.8 Å². The highest BCUT2D eigenvalue weighted by atomic mass is 16.5. The van der Waals surface area contributed by atoms with Crippen LogP contribution in [-0.4, -0.2) is 28.0 Å². The molecule has 0 saturated heterocycles. The van der Waals surface area contributed by atoms with Crippen molar-refractivity contribution in [2.24, 2.45) is 0 Å². The Morgan fingerprint density at radius 1 is 1.13 bits per heavy atom. The van der Waals surface area contributed by atoms with Crippen molar-refractivity contribution in [1.29, 1.82) is 0 Å². The van der Waals surface area contributed by atoms with E-state index in [1.165, 1.54) is 13.2 Å². The van der Waals surface area contributed by atoms with Crippen LogP contribution in [0.25, 0.3) is 22.3 Å². The molecule has 7 nitrogen and oxygen atoms in total. The van der Waals surface area contributed by atoms with Gasteiger partial charge in [-0.2, -0.15) is 0 Å². The van der Waals surface area contributed by atoms with Crippen LogP contribution in [0.5, 0.6) is 0 Å². The number of pyridine rings is 1. The van der Waals surface area contributed by atoms with Gasteiger partial charge in [-0.1, -0.05) is 29.8 Å². The number of carbonyl (C=O) groups is 1. The highest BCUT2D eigenvalue weighted by Gasteiger charge is 2.18. The molecule has 0 aliphatic carbocycles. The average Bonchev–Trinajstić information content (AvgIpc) is 2.53. The molecule has 0 saturated carbocycles. The Bertz CT molecular complexity index is 1020. The number of hydrogen-bond donors (Lipinski definition) is 2. The average molecular weight is 311 g/mol. The largest absolute Gasteiger partial charge is 0.465 e. The third kappa shape index (κ3) is 2.64. The van der Waals surface area contributed by atoms with Crippen molar-refractivity contribution in [2.75, 3.05) is 7.11 Å². The van der Waals surface area contributed by atoms with Crippen LogP contribution in [0.1, 0.15) is 15.9 Å². The number of carbonyl (C=O) groups excluding carboxylic acids is 1. The van der Waals surface area contributed by atoms with Crippen LogP contribution in [0, 0.1) is 6.92 Å². The molecular weight excluding hydrogens is 298 g/mol. The molecule has 116 valence electrons. The van der Waals surface area contributed by atoms with E-state index in [0.29, 0.717) is 5.69 Å². The number of aromatic nitrogens is 3. The third-order valence-electron chi connectivity index (χ3n) is 3.46. The molecule has 0 aliphatic rings. The SMILES string of the molecule is COC(=O)c1cc(-c2ccc(C)cc2)nc2[nH]c(=O)[nH]c(=O)c12. The van der Waals surface area contributed by atoms with Crippen LogP contribution in [-0.2, 0) is 4.74 Å². The molecule has 0 atom stereocenters.